The highest BCUT2D eigenvalue weighted by molar-refractivity contribution is 5.73. The van der Waals surface area contributed by atoms with Gasteiger partial charge in [0.25, 0.3) is 0 Å². The maximum atomic E-state index is 10.5. The van der Waals surface area contributed by atoms with Crippen molar-refractivity contribution in [2.24, 2.45) is 5.73 Å². The van der Waals surface area contributed by atoms with Gasteiger partial charge in [0.2, 0.25) is 0 Å². The predicted octanol–water partition coefficient (Wildman–Crippen LogP) is -0.439. The van der Waals surface area contributed by atoms with Crippen LogP contribution in [0.1, 0.15) is 18.3 Å². The molecule has 0 bridgehead atoms. The summed E-state index contributed by atoms with van der Waals surface area (Å²) in [6.45, 7) is 4.52. The maximum Gasteiger partial charge on any atom is 0.320 e. The number of aryl methyl sites for hydroxylation is 1. The van der Waals surface area contributed by atoms with Gasteiger partial charge in [-0.05, 0) is 13.8 Å². The molecule has 3 N–H and O–H groups in total. The third kappa shape index (κ3) is 2.08. The molecule has 14 heavy (non-hydrogen) atoms. The molecule has 78 valence electrons. The van der Waals surface area contributed by atoms with Crippen LogP contribution in [0.2, 0.25) is 0 Å². The molecule has 0 radical (unpaired) electrons. The smallest absolute Gasteiger partial charge is 0.320 e. The van der Waals surface area contributed by atoms with Crippen LogP contribution in [0.4, 0.5) is 0 Å². The Hall–Kier alpha value is -1.43. The zero-order chi connectivity index (χ0) is 10.7. The second-order valence-corrected chi connectivity index (χ2v) is 3.09. The van der Waals surface area contributed by atoms with E-state index in [-0.39, 0.29) is 6.42 Å². The summed E-state index contributed by atoms with van der Waals surface area (Å²) in [5.41, 5.74) is 6.92. The normalized spacial score (nSPS) is 12.8. The lowest BCUT2D eigenvalue weighted by Gasteiger charge is -2.04. The average Bonchev–Trinajstić information content (AvgIpc) is 2.47. The van der Waals surface area contributed by atoms with E-state index in [1.54, 1.807) is 4.68 Å². The van der Waals surface area contributed by atoms with Crippen molar-refractivity contribution in [1.29, 1.82) is 0 Å². The molecule has 6 nitrogen and oxygen atoms in total. The number of carboxylic acid groups (broad SMARTS) is 1. The number of hydrogen-bond donors (Lipinski definition) is 2. The largest absolute Gasteiger partial charge is 0.480 e. The molecule has 0 aliphatic heterocycles. The van der Waals surface area contributed by atoms with Gasteiger partial charge in [-0.15, -0.1) is 5.10 Å². The van der Waals surface area contributed by atoms with Gasteiger partial charge >= 0.3 is 5.97 Å². The van der Waals surface area contributed by atoms with E-state index in [0.29, 0.717) is 5.69 Å². The fourth-order valence-electron chi connectivity index (χ4n) is 1.18. The predicted molar refractivity (Wildman–Crippen MR) is 49.7 cm³/mol. The second-order valence-electron chi connectivity index (χ2n) is 3.09. The maximum absolute atomic E-state index is 10.5. The zero-order valence-corrected chi connectivity index (χ0v) is 8.27. The summed E-state index contributed by atoms with van der Waals surface area (Å²) in [5.74, 6) is -1.02. The Bertz CT molecular complexity index is 334. The van der Waals surface area contributed by atoms with Crippen LogP contribution < -0.4 is 5.73 Å². The quantitative estimate of drug-likeness (QED) is 0.684. The van der Waals surface area contributed by atoms with Gasteiger partial charge < -0.3 is 10.8 Å². The number of rotatable bonds is 4. The molecule has 0 aliphatic carbocycles. The minimum Gasteiger partial charge on any atom is -0.480 e. The van der Waals surface area contributed by atoms with E-state index in [1.807, 2.05) is 13.8 Å². The number of nitrogens with two attached hydrogens (primary N) is 1. The summed E-state index contributed by atoms with van der Waals surface area (Å²) >= 11 is 0. The Labute approximate surface area is 81.7 Å². The van der Waals surface area contributed by atoms with Gasteiger partial charge in [0.1, 0.15) is 6.04 Å². The minimum absolute atomic E-state index is 0.223. The Morgan fingerprint density at radius 3 is 2.79 bits per heavy atom. The van der Waals surface area contributed by atoms with Crippen molar-refractivity contribution >= 4 is 5.97 Å². The summed E-state index contributed by atoms with van der Waals surface area (Å²) in [7, 11) is 0. The van der Waals surface area contributed by atoms with Crippen molar-refractivity contribution in [3.05, 3.63) is 11.4 Å². The highest BCUT2D eigenvalue weighted by atomic mass is 16.4. The van der Waals surface area contributed by atoms with Gasteiger partial charge in [0.05, 0.1) is 11.4 Å². The van der Waals surface area contributed by atoms with Crippen LogP contribution in [0.5, 0.6) is 0 Å². The van der Waals surface area contributed by atoms with Crippen LogP contribution in [0, 0.1) is 6.92 Å². The first-order chi connectivity index (χ1) is 6.56. The molecule has 1 atom stereocenters. The van der Waals surface area contributed by atoms with Gasteiger partial charge in [-0.25, -0.2) is 4.68 Å². The van der Waals surface area contributed by atoms with Crippen LogP contribution >= 0.6 is 0 Å². The van der Waals surface area contributed by atoms with Crippen molar-refractivity contribution in [2.45, 2.75) is 32.9 Å². The number of aliphatic carboxylic acids is 1. The van der Waals surface area contributed by atoms with Gasteiger partial charge in [-0.3, -0.25) is 4.79 Å². The molecule has 0 amide bonds. The van der Waals surface area contributed by atoms with E-state index in [4.69, 9.17) is 10.8 Å². The van der Waals surface area contributed by atoms with Crippen molar-refractivity contribution in [3.8, 4) is 0 Å². The van der Waals surface area contributed by atoms with Gasteiger partial charge in [0.15, 0.2) is 0 Å². The topological polar surface area (TPSA) is 94.0 Å². The Kier molecular flexibility index (Phi) is 3.19. The molecule has 0 fully saturated rings. The molecule has 6 heteroatoms. The zero-order valence-electron chi connectivity index (χ0n) is 8.27. The monoisotopic (exact) mass is 198 g/mol. The third-order valence-corrected chi connectivity index (χ3v) is 2.11. The lowest BCUT2D eigenvalue weighted by atomic mass is 10.1. The van der Waals surface area contributed by atoms with E-state index < -0.39 is 12.0 Å². The first-order valence-electron chi connectivity index (χ1n) is 4.43. The molecule has 0 saturated heterocycles. The van der Waals surface area contributed by atoms with Gasteiger partial charge in [0, 0.05) is 13.0 Å². The fourth-order valence-corrected chi connectivity index (χ4v) is 1.18. The molecule has 0 saturated carbocycles. The molecule has 0 aliphatic rings. The number of hydrogen-bond acceptors (Lipinski definition) is 4. The van der Waals surface area contributed by atoms with Crippen molar-refractivity contribution < 1.29 is 9.90 Å². The fraction of sp³-hybridized carbons (Fsp3) is 0.625. The van der Waals surface area contributed by atoms with E-state index in [0.717, 1.165) is 12.2 Å². The molecule has 0 spiro atoms. The molecular formula is C8H14N4O2. The average molecular weight is 198 g/mol. The van der Waals surface area contributed by atoms with Crippen LogP contribution in [0.25, 0.3) is 0 Å². The van der Waals surface area contributed by atoms with Crippen LogP contribution in [-0.4, -0.2) is 32.1 Å². The number of nitrogens with zero attached hydrogens (tertiary/aromatic N) is 3. The van der Waals surface area contributed by atoms with E-state index in [1.165, 1.54) is 0 Å². The SMILES string of the molecule is CCn1nnc(CC(N)C(=O)O)c1C. The molecule has 1 unspecified atom stereocenters. The Morgan fingerprint density at radius 2 is 2.36 bits per heavy atom. The number of carbonyl (C=O) groups is 1. The van der Waals surface area contributed by atoms with E-state index in [2.05, 4.69) is 10.3 Å². The van der Waals surface area contributed by atoms with Crippen molar-refractivity contribution in [2.75, 3.05) is 0 Å². The summed E-state index contributed by atoms with van der Waals surface area (Å²) in [6.07, 6.45) is 0.223. The number of carboxylic acids is 1. The Balaban J connectivity index is 2.77. The highest BCUT2D eigenvalue weighted by Crippen LogP contribution is 2.05. The lowest BCUT2D eigenvalue weighted by molar-refractivity contribution is -0.138. The Morgan fingerprint density at radius 1 is 1.71 bits per heavy atom. The minimum atomic E-state index is -1.02. The lowest BCUT2D eigenvalue weighted by Crippen LogP contribution is -2.32. The standard InChI is InChI=1S/C8H14N4O2/c1-3-12-5(2)7(10-11-12)4-6(9)8(13)14/h6H,3-4,9H2,1-2H3,(H,13,14). The summed E-state index contributed by atoms with van der Waals surface area (Å²) in [6, 6.07) is -0.907. The first kappa shape index (κ1) is 10.6. The molecule has 0 aromatic carbocycles. The second kappa shape index (κ2) is 4.19. The van der Waals surface area contributed by atoms with Gasteiger partial charge in [-0.1, -0.05) is 5.21 Å². The van der Waals surface area contributed by atoms with E-state index in [9.17, 15) is 4.79 Å². The van der Waals surface area contributed by atoms with Crippen LogP contribution in [-0.2, 0) is 17.8 Å². The molecule has 1 heterocycles. The molecule has 1 rings (SSSR count). The first-order valence-corrected chi connectivity index (χ1v) is 4.43. The molecule has 1 aromatic rings. The summed E-state index contributed by atoms with van der Waals surface area (Å²) in [5, 5.41) is 16.4. The molecular weight excluding hydrogens is 184 g/mol. The van der Waals surface area contributed by atoms with Gasteiger partial charge in [-0.2, -0.15) is 0 Å². The highest BCUT2D eigenvalue weighted by Gasteiger charge is 2.16. The summed E-state index contributed by atoms with van der Waals surface area (Å²) < 4.78 is 1.71. The molecule has 1 aromatic heterocycles. The van der Waals surface area contributed by atoms with Crippen molar-refractivity contribution in [3.63, 3.8) is 0 Å². The van der Waals surface area contributed by atoms with Crippen LogP contribution in [0.15, 0.2) is 0 Å². The summed E-state index contributed by atoms with van der Waals surface area (Å²) in [4.78, 5) is 10.5. The van der Waals surface area contributed by atoms with Crippen LogP contribution in [0.3, 0.4) is 0 Å². The third-order valence-electron chi connectivity index (χ3n) is 2.11. The van der Waals surface area contributed by atoms with E-state index >= 15 is 0 Å². The number of aromatic nitrogens is 3. The van der Waals surface area contributed by atoms with Crippen molar-refractivity contribution in [1.82, 2.24) is 15.0 Å².